The smallest absolute Gasteiger partial charge is 0.151 e. The van der Waals surface area contributed by atoms with Gasteiger partial charge in [-0.25, -0.2) is 8.78 Å². The lowest BCUT2D eigenvalue weighted by atomic mass is 9.89. The molecule has 0 bridgehead atoms. The Hall–Kier alpha value is -2.64. The van der Waals surface area contributed by atoms with Crippen molar-refractivity contribution in [3.63, 3.8) is 0 Å². The molecule has 2 aromatic carbocycles. The number of fused-ring (bicyclic) bond motifs is 2. The van der Waals surface area contributed by atoms with E-state index in [1.54, 1.807) is 36.1 Å². The second-order valence-electron chi connectivity index (χ2n) is 7.39. The third-order valence-corrected chi connectivity index (χ3v) is 5.46. The number of halogens is 3. The first-order valence-electron chi connectivity index (χ1n) is 9.39. The summed E-state index contributed by atoms with van der Waals surface area (Å²) in [6.07, 6.45) is 3.71. The molecule has 1 fully saturated rings. The first-order valence-corrected chi connectivity index (χ1v) is 9.39. The monoisotopic (exact) mass is 415 g/mol. The molecule has 0 radical (unpaired) electrons. The van der Waals surface area contributed by atoms with E-state index in [4.69, 9.17) is 0 Å². The van der Waals surface area contributed by atoms with E-state index in [2.05, 4.69) is 20.6 Å². The number of nitrogens with zero attached hydrogens (tertiary/aromatic N) is 4. The summed E-state index contributed by atoms with van der Waals surface area (Å²) in [7, 11) is 1.74. The molecule has 8 heteroatoms. The molecule has 5 rings (SSSR count). The number of piperidine rings is 1. The molecule has 3 heterocycles. The van der Waals surface area contributed by atoms with Gasteiger partial charge in [0.1, 0.15) is 11.3 Å². The van der Waals surface area contributed by atoms with Gasteiger partial charge in [-0.1, -0.05) is 0 Å². The lowest BCUT2D eigenvalue weighted by Gasteiger charge is -2.23. The Morgan fingerprint density at radius 3 is 2.59 bits per heavy atom. The average molecular weight is 416 g/mol. The standard InChI is InChI=1S/C21H19F2N5.ClH/c1-28-11-15-6-14(8-18(23)21(15)27-28)19-10-16-17(22)7-13(9-20(16)26-25-19)12-2-4-24-5-3-12;/h6-12,24H,2-5H2,1H3;1H. The highest BCUT2D eigenvalue weighted by molar-refractivity contribution is 5.87. The first kappa shape index (κ1) is 19.7. The molecule has 0 spiro atoms. The summed E-state index contributed by atoms with van der Waals surface area (Å²) >= 11 is 0. The number of rotatable bonds is 2. The maximum absolute atomic E-state index is 14.9. The number of aromatic nitrogens is 4. The normalized spacial score (nSPS) is 15.0. The Balaban J connectivity index is 0.00000205. The van der Waals surface area contributed by atoms with Crippen molar-refractivity contribution in [2.75, 3.05) is 13.1 Å². The lowest BCUT2D eigenvalue weighted by Crippen LogP contribution is -2.26. The Kier molecular flexibility index (Phi) is 5.19. The molecule has 150 valence electrons. The van der Waals surface area contributed by atoms with Crippen molar-refractivity contribution in [3.8, 4) is 11.3 Å². The zero-order valence-electron chi connectivity index (χ0n) is 15.8. The van der Waals surface area contributed by atoms with Crippen LogP contribution in [0.3, 0.4) is 0 Å². The van der Waals surface area contributed by atoms with Gasteiger partial charge in [-0.15, -0.1) is 22.6 Å². The van der Waals surface area contributed by atoms with Gasteiger partial charge in [0.15, 0.2) is 5.82 Å². The largest absolute Gasteiger partial charge is 0.317 e. The zero-order chi connectivity index (χ0) is 19.3. The van der Waals surface area contributed by atoms with Crippen LogP contribution >= 0.6 is 12.4 Å². The maximum atomic E-state index is 14.9. The van der Waals surface area contributed by atoms with E-state index in [0.29, 0.717) is 39.0 Å². The number of hydrogen-bond donors (Lipinski definition) is 1. The number of nitrogens with one attached hydrogen (secondary N) is 1. The van der Waals surface area contributed by atoms with E-state index in [9.17, 15) is 8.78 Å². The highest BCUT2D eigenvalue weighted by Crippen LogP contribution is 2.31. The Bertz CT molecular complexity index is 1200. The summed E-state index contributed by atoms with van der Waals surface area (Å²) in [5, 5.41) is 17.0. The summed E-state index contributed by atoms with van der Waals surface area (Å²) in [5.41, 5.74) is 2.79. The molecular formula is C21H20ClF2N5. The van der Waals surface area contributed by atoms with Crippen LogP contribution in [-0.2, 0) is 7.05 Å². The Labute approximate surface area is 172 Å². The molecule has 29 heavy (non-hydrogen) atoms. The predicted octanol–water partition coefficient (Wildman–Crippen LogP) is 4.35. The van der Waals surface area contributed by atoms with Crippen molar-refractivity contribution in [3.05, 3.63) is 53.7 Å². The molecule has 0 unspecified atom stereocenters. The van der Waals surface area contributed by atoms with Crippen LogP contribution in [0.25, 0.3) is 33.1 Å². The molecule has 5 nitrogen and oxygen atoms in total. The van der Waals surface area contributed by atoms with Gasteiger partial charge in [0.25, 0.3) is 0 Å². The molecule has 2 aromatic heterocycles. The molecular weight excluding hydrogens is 396 g/mol. The van der Waals surface area contributed by atoms with Crippen LogP contribution in [0.15, 0.2) is 36.5 Å². The van der Waals surface area contributed by atoms with Crippen LogP contribution in [0.1, 0.15) is 24.3 Å². The van der Waals surface area contributed by atoms with E-state index in [1.165, 1.54) is 6.07 Å². The molecule has 1 aliphatic heterocycles. The van der Waals surface area contributed by atoms with Gasteiger partial charge >= 0.3 is 0 Å². The molecule has 0 atom stereocenters. The second kappa shape index (κ2) is 7.65. The minimum atomic E-state index is -0.434. The van der Waals surface area contributed by atoms with Gasteiger partial charge < -0.3 is 5.32 Å². The zero-order valence-corrected chi connectivity index (χ0v) is 16.6. The van der Waals surface area contributed by atoms with Crippen LogP contribution in [0, 0.1) is 11.6 Å². The summed E-state index contributed by atoms with van der Waals surface area (Å²) in [4.78, 5) is 0. The van der Waals surface area contributed by atoms with Gasteiger partial charge in [0.05, 0.1) is 11.2 Å². The average Bonchev–Trinajstić information content (AvgIpc) is 3.09. The second-order valence-corrected chi connectivity index (χ2v) is 7.39. The van der Waals surface area contributed by atoms with Gasteiger partial charge in [0, 0.05) is 29.6 Å². The predicted molar refractivity (Wildman–Crippen MR) is 111 cm³/mol. The van der Waals surface area contributed by atoms with Crippen molar-refractivity contribution in [1.29, 1.82) is 0 Å². The molecule has 0 aliphatic carbocycles. The van der Waals surface area contributed by atoms with Crippen molar-refractivity contribution >= 4 is 34.2 Å². The third-order valence-electron chi connectivity index (χ3n) is 5.46. The van der Waals surface area contributed by atoms with Gasteiger partial charge in [-0.05, 0) is 67.7 Å². The minimum Gasteiger partial charge on any atom is -0.317 e. The quantitative estimate of drug-likeness (QED) is 0.528. The van der Waals surface area contributed by atoms with Crippen molar-refractivity contribution in [2.45, 2.75) is 18.8 Å². The minimum absolute atomic E-state index is 0. The summed E-state index contributed by atoms with van der Waals surface area (Å²) in [6.45, 7) is 1.88. The van der Waals surface area contributed by atoms with Crippen LogP contribution in [-0.4, -0.2) is 33.1 Å². The molecule has 0 amide bonds. The molecule has 0 saturated carbocycles. The van der Waals surface area contributed by atoms with Crippen molar-refractivity contribution in [2.24, 2.45) is 7.05 Å². The van der Waals surface area contributed by atoms with Crippen LogP contribution in [0.4, 0.5) is 8.78 Å². The highest BCUT2D eigenvalue weighted by atomic mass is 35.5. The highest BCUT2D eigenvalue weighted by Gasteiger charge is 2.18. The fourth-order valence-corrected chi connectivity index (χ4v) is 4.01. The number of aryl methyl sites for hydroxylation is 1. The molecule has 1 aliphatic rings. The van der Waals surface area contributed by atoms with E-state index < -0.39 is 5.82 Å². The maximum Gasteiger partial charge on any atom is 0.151 e. The fourth-order valence-electron chi connectivity index (χ4n) is 4.01. The first-order chi connectivity index (χ1) is 13.6. The van der Waals surface area contributed by atoms with E-state index in [0.717, 1.165) is 31.5 Å². The number of benzene rings is 2. The van der Waals surface area contributed by atoms with Gasteiger partial charge in [-0.2, -0.15) is 5.10 Å². The lowest BCUT2D eigenvalue weighted by molar-refractivity contribution is 0.459. The third kappa shape index (κ3) is 3.56. The molecule has 1 saturated heterocycles. The summed E-state index contributed by atoms with van der Waals surface area (Å²) in [5.74, 6) is -0.412. The van der Waals surface area contributed by atoms with Crippen LogP contribution < -0.4 is 5.32 Å². The SMILES string of the molecule is Cl.Cn1cc2cc(-c3cc4c(F)cc(C5CCNCC5)cc4nn3)cc(F)c2n1. The van der Waals surface area contributed by atoms with E-state index >= 15 is 0 Å². The summed E-state index contributed by atoms with van der Waals surface area (Å²) in [6, 6.07) is 8.33. The Morgan fingerprint density at radius 2 is 1.79 bits per heavy atom. The Morgan fingerprint density at radius 1 is 1.00 bits per heavy atom. The molecule has 1 N–H and O–H groups in total. The van der Waals surface area contributed by atoms with Gasteiger partial charge in [0.2, 0.25) is 0 Å². The van der Waals surface area contributed by atoms with E-state index in [1.807, 2.05) is 6.07 Å². The topological polar surface area (TPSA) is 55.6 Å². The fraction of sp³-hybridized carbons (Fsp3) is 0.286. The summed E-state index contributed by atoms with van der Waals surface area (Å²) < 4.78 is 30.8. The molecule has 4 aromatic rings. The van der Waals surface area contributed by atoms with Crippen LogP contribution in [0.2, 0.25) is 0 Å². The van der Waals surface area contributed by atoms with Crippen molar-refractivity contribution in [1.82, 2.24) is 25.3 Å². The van der Waals surface area contributed by atoms with Gasteiger partial charge in [-0.3, -0.25) is 4.68 Å². The van der Waals surface area contributed by atoms with Crippen molar-refractivity contribution < 1.29 is 8.78 Å². The van der Waals surface area contributed by atoms with E-state index in [-0.39, 0.29) is 18.2 Å². The number of hydrogen-bond acceptors (Lipinski definition) is 4. The van der Waals surface area contributed by atoms with Crippen LogP contribution in [0.5, 0.6) is 0 Å².